The largest absolute Gasteiger partial charge is 0.497 e. The minimum Gasteiger partial charge on any atom is -0.497 e. The Labute approximate surface area is 531 Å². The van der Waals surface area contributed by atoms with Crippen LogP contribution < -0.4 is 18.9 Å². The first-order valence-electron chi connectivity index (χ1n) is 27.0. The summed E-state index contributed by atoms with van der Waals surface area (Å²) >= 11 is 0.625. The van der Waals surface area contributed by atoms with Gasteiger partial charge in [0, 0.05) is 21.6 Å². The first-order valence-corrected chi connectivity index (χ1v) is 34.3. The predicted molar refractivity (Wildman–Crippen MR) is 342 cm³/mol. The van der Waals surface area contributed by atoms with Crippen molar-refractivity contribution in [3.8, 4) is 45.6 Å². The van der Waals surface area contributed by atoms with E-state index in [1.807, 2.05) is 116 Å². The molecule has 0 unspecified atom stereocenters. The van der Waals surface area contributed by atoms with Crippen LogP contribution in [0.5, 0.6) is 34.5 Å². The van der Waals surface area contributed by atoms with Gasteiger partial charge in [0.1, 0.15) is 46.0 Å². The molecule has 0 radical (unpaired) electrons. The summed E-state index contributed by atoms with van der Waals surface area (Å²) in [7, 11) is -14.3. The molecule has 0 saturated heterocycles. The Bertz CT molecular complexity index is 4490. The molecule has 24 heteroatoms. The van der Waals surface area contributed by atoms with Crippen molar-refractivity contribution in [3.63, 3.8) is 0 Å². The van der Waals surface area contributed by atoms with E-state index in [9.17, 15) is 43.0 Å². The molecule has 0 bridgehead atoms. The number of ketones is 1. The number of ether oxygens (including phenoxy) is 4. The van der Waals surface area contributed by atoms with Gasteiger partial charge in [-0.25, -0.2) is 13.7 Å². The third kappa shape index (κ3) is 18.3. The summed E-state index contributed by atoms with van der Waals surface area (Å²) in [6.07, 6.45) is 1.43. The first kappa shape index (κ1) is 67.9. The molecule has 0 spiro atoms. The van der Waals surface area contributed by atoms with Gasteiger partial charge in [-0.2, -0.15) is 25.3 Å². The highest BCUT2D eigenvalue weighted by atomic mass is 32.2. The minimum absolute atomic E-state index is 0.0137. The Morgan fingerprint density at radius 2 is 0.879 bits per heavy atom. The second kappa shape index (κ2) is 29.7. The molecule has 0 aliphatic heterocycles. The Morgan fingerprint density at radius 3 is 1.35 bits per heavy atom. The lowest BCUT2D eigenvalue weighted by Crippen LogP contribution is -2.30. The van der Waals surface area contributed by atoms with Gasteiger partial charge in [-0.1, -0.05) is 144 Å². The Kier molecular flexibility index (Phi) is 22.2. The van der Waals surface area contributed by atoms with E-state index in [2.05, 4.69) is 29.3 Å². The van der Waals surface area contributed by atoms with E-state index in [4.69, 9.17) is 37.6 Å². The van der Waals surface area contributed by atoms with E-state index in [0.717, 1.165) is 45.0 Å². The number of hydrogen-bond donors (Lipinski definition) is 4. The second-order valence-corrected chi connectivity index (χ2v) is 27.1. The lowest BCUT2D eigenvalue weighted by Gasteiger charge is -2.37. The van der Waals surface area contributed by atoms with Gasteiger partial charge in [0.15, 0.2) is 5.78 Å². The molecule has 10 aromatic carbocycles. The minimum atomic E-state index is -4.88. The molecule has 0 saturated carbocycles. The van der Waals surface area contributed by atoms with Crippen molar-refractivity contribution < 1.29 is 85.7 Å². The van der Waals surface area contributed by atoms with Crippen LogP contribution in [0.1, 0.15) is 49.3 Å². The molecule has 0 aromatic heterocycles. The van der Waals surface area contributed by atoms with Crippen LogP contribution in [0.25, 0.3) is 11.1 Å². The summed E-state index contributed by atoms with van der Waals surface area (Å²) in [5.41, 5.74) is 6.39. The van der Waals surface area contributed by atoms with Gasteiger partial charge in [-0.15, -0.1) is 4.33 Å². The third-order valence-corrected chi connectivity index (χ3v) is 16.9. The van der Waals surface area contributed by atoms with E-state index in [1.165, 1.54) is 36.4 Å². The number of carbonyl (C=O) groups excluding carboxylic acids is 1. The molecule has 0 amide bonds. The van der Waals surface area contributed by atoms with Crippen LogP contribution in [0.3, 0.4) is 0 Å². The molecule has 470 valence electrons. The van der Waals surface area contributed by atoms with Crippen LogP contribution in [0.15, 0.2) is 262 Å². The van der Waals surface area contributed by atoms with Crippen LogP contribution >= 0.6 is 12.0 Å². The monoisotopic (exact) mass is 1330 g/mol. The fraction of sp³-hybridized carbons (Fsp3) is 0.0896. The number of aryl methyl sites for hydroxylation is 1. The highest BCUT2D eigenvalue weighted by Gasteiger charge is 2.38. The van der Waals surface area contributed by atoms with Crippen LogP contribution in [0.2, 0.25) is 0 Å². The molecule has 0 fully saturated rings. The summed E-state index contributed by atoms with van der Waals surface area (Å²) in [4.78, 5) is 14.1. The molecular formula is C67H58O19S5. The van der Waals surface area contributed by atoms with Crippen molar-refractivity contribution in [2.75, 3.05) is 19.6 Å². The highest BCUT2D eigenvalue weighted by Crippen LogP contribution is 2.46. The van der Waals surface area contributed by atoms with Crippen LogP contribution in [-0.4, -0.2) is 78.0 Å². The fourth-order valence-corrected chi connectivity index (χ4v) is 11.9. The van der Waals surface area contributed by atoms with Crippen LogP contribution in [-0.2, 0) is 61.6 Å². The lowest BCUT2D eigenvalue weighted by molar-refractivity contribution is -0.432. The summed E-state index contributed by atoms with van der Waals surface area (Å²) in [5.74, 6) is 1.75. The van der Waals surface area contributed by atoms with Gasteiger partial charge >= 0.3 is 0 Å². The SMILES string of the molecule is COc1ccc(-c2ccc(Oc3ccc(C(=O)c4ccc(COc5ccc(C(c6ccccc6)(c6ccccc6)c6ccc(Oc7ccc(S(=O)(=O)c8ccc(C)cc8)cc7)cc6)cc5)c(SOOO)c4)cc3S(=O)(=O)O)cc2)cc1.CS(=O)(=O)O.CS(=O)(=O)O. The van der Waals surface area contributed by atoms with Crippen LogP contribution in [0.4, 0.5) is 0 Å². The maximum Gasteiger partial charge on any atom is 0.298 e. The molecular weight excluding hydrogens is 1270 g/mol. The first-order chi connectivity index (χ1) is 43.2. The molecule has 91 heavy (non-hydrogen) atoms. The maximum atomic E-state index is 14.0. The van der Waals surface area contributed by atoms with Gasteiger partial charge in [0.05, 0.1) is 46.9 Å². The molecule has 0 aliphatic carbocycles. The molecule has 0 aliphatic rings. The highest BCUT2D eigenvalue weighted by molar-refractivity contribution is 7.94. The molecule has 10 aromatic rings. The van der Waals surface area contributed by atoms with Gasteiger partial charge in [0.2, 0.25) is 9.84 Å². The number of benzene rings is 10. The van der Waals surface area contributed by atoms with Crippen molar-refractivity contribution in [2.45, 2.75) is 38.5 Å². The van der Waals surface area contributed by atoms with Crippen molar-refractivity contribution >= 4 is 58.0 Å². The standard InChI is InChI=1S/C65H50O13S3.2CH4O3S/c1-44-13-36-59(37-14-44)80(68,69)60-38-34-57(35-39-60)75-56-32-24-53(25-33-56)65(50-9-5-3-6-10-50,51-11-7-4-8-12-51)52-22-30-55(31-23-52)74-43-49-16-15-47(41-62(49)79-78-77-67)64(66)48-21-40-61(63(42-48)81(70,71)72)76-58-28-19-46(20-29-58)45-17-26-54(73-2)27-18-45;2*1-5(2,3)4/h3-42,67H,43H2,1-2H3,(H,70,71,72);2*1H3,(H,2,3,4). The van der Waals surface area contributed by atoms with Crippen LogP contribution in [0, 0.1) is 6.92 Å². The zero-order chi connectivity index (χ0) is 65.6. The number of methoxy groups -OCH3 is 1. The zero-order valence-corrected chi connectivity index (χ0v) is 52.8. The van der Waals surface area contributed by atoms with Crippen molar-refractivity contribution in [1.82, 2.24) is 0 Å². The Morgan fingerprint density at radius 1 is 0.473 bits per heavy atom. The van der Waals surface area contributed by atoms with Crippen molar-refractivity contribution in [1.29, 1.82) is 0 Å². The van der Waals surface area contributed by atoms with Gasteiger partial charge in [-0.05, 0) is 149 Å². The number of sulfone groups is 1. The Balaban J connectivity index is 0.000000990. The number of rotatable bonds is 21. The summed E-state index contributed by atoms with van der Waals surface area (Å²) in [6, 6.07) is 71.7. The van der Waals surface area contributed by atoms with Crippen molar-refractivity contribution in [3.05, 3.63) is 287 Å². The molecule has 0 heterocycles. The topological polar surface area (TPSA) is 290 Å². The lowest BCUT2D eigenvalue weighted by atomic mass is 9.65. The zero-order valence-electron chi connectivity index (χ0n) is 48.8. The Hall–Kier alpha value is -9.02. The quantitative estimate of drug-likeness (QED) is 0.0130. The van der Waals surface area contributed by atoms with E-state index < -0.39 is 56.3 Å². The molecule has 19 nitrogen and oxygen atoms in total. The second-order valence-electron chi connectivity index (χ2n) is 20.0. The van der Waals surface area contributed by atoms with E-state index >= 15 is 0 Å². The summed E-state index contributed by atoms with van der Waals surface area (Å²) in [5, 5.41) is 13.0. The maximum absolute atomic E-state index is 14.0. The van der Waals surface area contributed by atoms with E-state index in [1.54, 1.807) is 73.8 Å². The average Bonchev–Trinajstić information content (AvgIpc) is 0.743. The molecule has 10 rings (SSSR count). The number of hydrogen-bond acceptors (Lipinski definition) is 17. The van der Waals surface area contributed by atoms with Gasteiger partial charge in [0.25, 0.3) is 30.4 Å². The fourth-order valence-electron chi connectivity index (χ4n) is 9.46. The normalized spacial score (nSPS) is 11.6. The van der Waals surface area contributed by atoms with Crippen molar-refractivity contribution in [2.24, 2.45) is 0 Å². The van der Waals surface area contributed by atoms with E-state index in [0.29, 0.717) is 58.0 Å². The summed E-state index contributed by atoms with van der Waals surface area (Å²) in [6.45, 7) is 1.89. The number of carbonyl (C=O) groups is 1. The molecule has 0 atom stereocenters. The smallest absolute Gasteiger partial charge is 0.298 e. The average molecular weight is 1330 g/mol. The predicted octanol–water partition coefficient (Wildman–Crippen LogP) is 14.0. The van der Waals surface area contributed by atoms with Gasteiger partial charge < -0.3 is 18.9 Å². The van der Waals surface area contributed by atoms with Gasteiger partial charge in [-0.3, -0.25) is 18.5 Å². The summed E-state index contributed by atoms with van der Waals surface area (Å²) < 4.78 is 143. The molecule has 4 N–H and O–H groups in total. The third-order valence-electron chi connectivity index (χ3n) is 13.6. The van der Waals surface area contributed by atoms with E-state index in [-0.39, 0.29) is 39.0 Å².